The molecule has 0 amide bonds. The Morgan fingerprint density at radius 1 is 1.03 bits per heavy atom. The molecule has 0 radical (unpaired) electrons. The lowest BCUT2D eigenvalue weighted by Crippen LogP contribution is -2.43. The van der Waals surface area contributed by atoms with Gasteiger partial charge in [0.15, 0.2) is 5.96 Å². The molecule has 7 heteroatoms. The lowest BCUT2D eigenvalue weighted by molar-refractivity contribution is 0.215. The topological polar surface area (TPSA) is 75.2 Å². The summed E-state index contributed by atoms with van der Waals surface area (Å²) < 4.78 is 16.5. The van der Waals surface area contributed by atoms with Crippen LogP contribution in [0.5, 0.6) is 5.75 Å². The molecule has 1 saturated heterocycles. The number of likely N-dealkylation sites (tertiary alicyclic amines) is 1. The van der Waals surface area contributed by atoms with E-state index >= 15 is 0 Å². The molecular formula is C25H32N4O3. The third-order valence-corrected chi connectivity index (χ3v) is 5.74. The minimum atomic E-state index is 0.186. The lowest BCUT2D eigenvalue weighted by atomic mass is 10.2. The Balaban J connectivity index is 1.41. The van der Waals surface area contributed by atoms with E-state index in [9.17, 15) is 0 Å². The number of methoxy groups -OCH3 is 1. The van der Waals surface area contributed by atoms with Crippen LogP contribution in [-0.4, -0.2) is 44.1 Å². The van der Waals surface area contributed by atoms with Crippen LogP contribution in [0.2, 0.25) is 0 Å². The number of guanidine groups is 1. The van der Waals surface area contributed by atoms with Crippen LogP contribution in [0.3, 0.4) is 0 Å². The fourth-order valence-electron chi connectivity index (χ4n) is 3.97. The number of aliphatic imine (C=N–C) groups is 1. The molecule has 3 aromatic rings. The number of hydrogen-bond acceptors (Lipinski definition) is 5. The number of nitrogens with one attached hydrogen (secondary N) is 2. The van der Waals surface area contributed by atoms with Gasteiger partial charge >= 0.3 is 0 Å². The molecule has 3 heterocycles. The summed E-state index contributed by atoms with van der Waals surface area (Å²) in [5.74, 6) is 3.57. The summed E-state index contributed by atoms with van der Waals surface area (Å²) in [6, 6.07) is 16.1. The highest BCUT2D eigenvalue weighted by Gasteiger charge is 2.25. The number of rotatable bonds is 10. The maximum absolute atomic E-state index is 5.76. The van der Waals surface area contributed by atoms with Crippen molar-refractivity contribution in [2.75, 3.05) is 33.3 Å². The Morgan fingerprint density at radius 3 is 2.50 bits per heavy atom. The lowest BCUT2D eigenvalue weighted by Gasteiger charge is -2.26. The van der Waals surface area contributed by atoms with Gasteiger partial charge in [-0.15, -0.1) is 0 Å². The second-order valence-electron chi connectivity index (χ2n) is 7.92. The Kier molecular flexibility index (Phi) is 7.87. The smallest absolute Gasteiger partial charge is 0.191 e. The minimum Gasteiger partial charge on any atom is -0.497 e. The van der Waals surface area contributed by atoms with Crippen LogP contribution in [0.15, 0.2) is 74.9 Å². The van der Waals surface area contributed by atoms with Crippen LogP contribution in [0.4, 0.5) is 0 Å². The highest BCUT2D eigenvalue weighted by molar-refractivity contribution is 5.79. The van der Waals surface area contributed by atoms with Gasteiger partial charge in [0.05, 0.1) is 32.2 Å². The van der Waals surface area contributed by atoms with Crippen molar-refractivity contribution in [1.29, 1.82) is 0 Å². The van der Waals surface area contributed by atoms with Crippen molar-refractivity contribution in [3.8, 4) is 5.75 Å². The predicted octanol–water partition coefficient (Wildman–Crippen LogP) is 4.00. The zero-order valence-electron chi connectivity index (χ0n) is 18.6. The van der Waals surface area contributed by atoms with E-state index in [0.29, 0.717) is 6.54 Å². The number of furan rings is 2. The average molecular weight is 437 g/mol. The van der Waals surface area contributed by atoms with Gasteiger partial charge in [0.1, 0.15) is 17.3 Å². The standard InChI is InChI=1S/C25H32N4O3/c1-30-21-10-8-20(9-11-21)18-27-25(26-13-12-22-6-4-16-31-22)28-19-23(24-7-5-17-32-24)29-14-2-3-15-29/h4-11,16-17,23H,2-3,12-15,18-19H2,1H3,(H2,26,27,28). The fourth-order valence-corrected chi connectivity index (χ4v) is 3.97. The first-order valence-electron chi connectivity index (χ1n) is 11.3. The molecule has 1 fully saturated rings. The Labute approximate surface area is 189 Å². The summed E-state index contributed by atoms with van der Waals surface area (Å²) in [6.45, 7) is 4.23. The monoisotopic (exact) mass is 436 g/mol. The first-order chi connectivity index (χ1) is 15.8. The third-order valence-electron chi connectivity index (χ3n) is 5.74. The second kappa shape index (κ2) is 11.4. The first-order valence-corrected chi connectivity index (χ1v) is 11.3. The molecule has 0 saturated carbocycles. The van der Waals surface area contributed by atoms with Crippen LogP contribution >= 0.6 is 0 Å². The Bertz CT molecular complexity index is 930. The summed E-state index contributed by atoms with van der Waals surface area (Å²) in [4.78, 5) is 7.30. The van der Waals surface area contributed by atoms with Gasteiger partial charge in [-0.1, -0.05) is 12.1 Å². The zero-order chi connectivity index (χ0) is 22.0. The number of nitrogens with zero attached hydrogens (tertiary/aromatic N) is 2. The van der Waals surface area contributed by atoms with Crippen LogP contribution in [-0.2, 0) is 13.0 Å². The molecule has 32 heavy (non-hydrogen) atoms. The molecule has 2 N–H and O–H groups in total. The number of benzene rings is 1. The van der Waals surface area contributed by atoms with E-state index in [2.05, 4.69) is 21.6 Å². The summed E-state index contributed by atoms with van der Waals surface area (Å²) in [7, 11) is 1.67. The highest BCUT2D eigenvalue weighted by atomic mass is 16.5. The van der Waals surface area contributed by atoms with Crippen LogP contribution in [0, 0.1) is 0 Å². The van der Waals surface area contributed by atoms with Gasteiger partial charge in [0, 0.05) is 19.5 Å². The van der Waals surface area contributed by atoms with Crippen molar-refractivity contribution in [3.05, 3.63) is 78.1 Å². The van der Waals surface area contributed by atoms with E-state index < -0.39 is 0 Å². The van der Waals surface area contributed by atoms with E-state index in [1.165, 1.54) is 12.8 Å². The van der Waals surface area contributed by atoms with E-state index in [-0.39, 0.29) is 6.04 Å². The van der Waals surface area contributed by atoms with Crippen molar-refractivity contribution >= 4 is 5.96 Å². The van der Waals surface area contributed by atoms with Crippen molar-refractivity contribution in [2.24, 2.45) is 4.99 Å². The summed E-state index contributed by atoms with van der Waals surface area (Å²) >= 11 is 0. The molecule has 2 aromatic heterocycles. The van der Waals surface area contributed by atoms with Gasteiger partial charge in [-0.05, 0) is 67.9 Å². The van der Waals surface area contributed by atoms with E-state index in [1.807, 2.05) is 42.5 Å². The van der Waals surface area contributed by atoms with Gasteiger partial charge in [-0.25, -0.2) is 4.99 Å². The zero-order valence-corrected chi connectivity index (χ0v) is 18.6. The SMILES string of the molecule is COc1ccc(CN=C(NCCc2ccco2)NCC(c2ccco2)N2CCCC2)cc1. The quantitative estimate of drug-likeness (QED) is 0.370. The van der Waals surface area contributed by atoms with Gasteiger partial charge in [0.25, 0.3) is 0 Å². The molecule has 4 rings (SSSR count). The molecule has 1 unspecified atom stereocenters. The molecule has 170 valence electrons. The van der Waals surface area contributed by atoms with Crippen LogP contribution in [0.25, 0.3) is 0 Å². The molecule has 7 nitrogen and oxygen atoms in total. The number of ether oxygens (including phenoxy) is 1. The average Bonchev–Trinajstić information content (AvgIpc) is 3.62. The highest BCUT2D eigenvalue weighted by Crippen LogP contribution is 2.24. The van der Waals surface area contributed by atoms with Gasteiger partial charge in [0.2, 0.25) is 0 Å². The summed E-state index contributed by atoms with van der Waals surface area (Å²) in [5, 5.41) is 6.99. The van der Waals surface area contributed by atoms with Crippen molar-refractivity contribution < 1.29 is 13.6 Å². The number of hydrogen-bond donors (Lipinski definition) is 2. The Morgan fingerprint density at radius 2 is 1.81 bits per heavy atom. The molecule has 1 atom stereocenters. The molecule has 1 aromatic carbocycles. The summed E-state index contributed by atoms with van der Waals surface area (Å²) in [6.07, 6.45) is 6.72. The molecule has 1 aliphatic heterocycles. The molecule has 0 spiro atoms. The summed E-state index contributed by atoms with van der Waals surface area (Å²) in [5.41, 5.74) is 1.13. The predicted molar refractivity (Wildman–Crippen MR) is 125 cm³/mol. The van der Waals surface area contributed by atoms with E-state index in [4.69, 9.17) is 18.6 Å². The molecular weight excluding hydrogens is 404 g/mol. The van der Waals surface area contributed by atoms with Crippen molar-refractivity contribution in [3.63, 3.8) is 0 Å². The van der Waals surface area contributed by atoms with Gasteiger partial charge in [-0.3, -0.25) is 4.90 Å². The molecule has 0 bridgehead atoms. The maximum atomic E-state index is 5.76. The van der Waals surface area contributed by atoms with Crippen LogP contribution < -0.4 is 15.4 Å². The molecule has 1 aliphatic rings. The van der Waals surface area contributed by atoms with Crippen LogP contribution in [0.1, 0.15) is 36.0 Å². The van der Waals surface area contributed by atoms with Gasteiger partial charge < -0.3 is 24.2 Å². The van der Waals surface area contributed by atoms with Crippen molar-refractivity contribution in [2.45, 2.75) is 31.8 Å². The molecule has 0 aliphatic carbocycles. The van der Waals surface area contributed by atoms with Gasteiger partial charge in [-0.2, -0.15) is 0 Å². The normalized spacial score (nSPS) is 15.6. The fraction of sp³-hybridized carbons (Fsp3) is 0.400. The third kappa shape index (κ3) is 6.17. The largest absolute Gasteiger partial charge is 0.497 e. The van der Waals surface area contributed by atoms with E-state index in [1.54, 1.807) is 19.6 Å². The maximum Gasteiger partial charge on any atom is 0.191 e. The minimum absolute atomic E-state index is 0.186. The second-order valence-corrected chi connectivity index (χ2v) is 7.92. The van der Waals surface area contributed by atoms with E-state index in [0.717, 1.165) is 61.4 Å². The first kappa shape index (κ1) is 22.0. The Hall–Kier alpha value is -3.19. The van der Waals surface area contributed by atoms with Crippen molar-refractivity contribution in [1.82, 2.24) is 15.5 Å².